The molecule has 0 saturated carbocycles. The Hall–Kier alpha value is -1.67. The van der Waals surface area contributed by atoms with Crippen molar-refractivity contribution in [2.75, 3.05) is 0 Å². The average molecular weight is 264 g/mol. The summed E-state index contributed by atoms with van der Waals surface area (Å²) in [6.45, 7) is 0.0256. The monoisotopic (exact) mass is 263 g/mol. The molecule has 2 rings (SSSR count). The number of hydrogen-bond acceptors (Lipinski definition) is 3. The van der Waals surface area contributed by atoms with Gasteiger partial charge in [-0.2, -0.15) is 5.26 Å². The van der Waals surface area contributed by atoms with E-state index in [-0.39, 0.29) is 12.1 Å². The molecule has 0 radical (unpaired) electrons. The Balaban J connectivity index is 2.76. The lowest BCUT2D eigenvalue weighted by molar-refractivity contribution is 0.775. The number of hydrogen-bond donors (Lipinski definition) is 0. The van der Waals surface area contributed by atoms with Crippen LogP contribution in [0.3, 0.4) is 0 Å². The maximum atomic E-state index is 11.8. The van der Waals surface area contributed by atoms with Crippen LogP contribution in [0.2, 0.25) is 0 Å². The summed E-state index contributed by atoms with van der Waals surface area (Å²) in [5.74, 6) is 0. The van der Waals surface area contributed by atoms with Gasteiger partial charge >= 0.3 is 0 Å². The summed E-state index contributed by atoms with van der Waals surface area (Å²) in [6.07, 6.45) is 1.39. The first-order valence-electron chi connectivity index (χ1n) is 4.24. The summed E-state index contributed by atoms with van der Waals surface area (Å²) >= 11 is 3.31. The Bertz CT molecular complexity index is 612. The lowest BCUT2D eigenvalue weighted by Crippen LogP contribution is -2.19. The molecule has 0 atom stereocenters. The quantitative estimate of drug-likeness (QED) is 0.787. The summed E-state index contributed by atoms with van der Waals surface area (Å²) in [6, 6.07) is 7.16. The van der Waals surface area contributed by atoms with E-state index in [0.29, 0.717) is 10.9 Å². The molecule has 1 aromatic carbocycles. The molecule has 4 nitrogen and oxygen atoms in total. The third-order valence-corrected chi connectivity index (χ3v) is 2.52. The molecular formula is C10H6BrN3O. The second-order valence-electron chi connectivity index (χ2n) is 3.00. The van der Waals surface area contributed by atoms with Gasteiger partial charge in [-0.3, -0.25) is 9.36 Å². The third-order valence-electron chi connectivity index (χ3n) is 2.03. The van der Waals surface area contributed by atoms with Gasteiger partial charge in [0.1, 0.15) is 6.54 Å². The Kier molecular flexibility index (Phi) is 2.52. The van der Waals surface area contributed by atoms with E-state index in [4.69, 9.17) is 5.26 Å². The maximum Gasteiger partial charge on any atom is 0.262 e. The van der Waals surface area contributed by atoms with Gasteiger partial charge in [0.2, 0.25) is 0 Å². The van der Waals surface area contributed by atoms with Crippen molar-refractivity contribution in [1.82, 2.24) is 9.55 Å². The van der Waals surface area contributed by atoms with Gasteiger partial charge in [0.05, 0.1) is 23.3 Å². The van der Waals surface area contributed by atoms with Crippen LogP contribution in [-0.4, -0.2) is 9.55 Å². The highest BCUT2D eigenvalue weighted by molar-refractivity contribution is 9.10. The molecule has 0 aliphatic heterocycles. The van der Waals surface area contributed by atoms with E-state index in [1.54, 1.807) is 18.2 Å². The smallest absolute Gasteiger partial charge is 0.262 e. The maximum absolute atomic E-state index is 11.8. The SMILES string of the molecule is N#CCn1cnc2cc(Br)ccc2c1=O. The van der Waals surface area contributed by atoms with Gasteiger partial charge in [-0.1, -0.05) is 15.9 Å². The van der Waals surface area contributed by atoms with Crippen LogP contribution in [0.5, 0.6) is 0 Å². The topological polar surface area (TPSA) is 58.7 Å². The van der Waals surface area contributed by atoms with Crippen molar-refractivity contribution in [2.24, 2.45) is 0 Å². The van der Waals surface area contributed by atoms with E-state index in [0.717, 1.165) is 4.47 Å². The number of aromatic nitrogens is 2. The van der Waals surface area contributed by atoms with Crippen molar-refractivity contribution in [3.63, 3.8) is 0 Å². The molecule has 0 saturated heterocycles. The van der Waals surface area contributed by atoms with Crippen molar-refractivity contribution in [3.8, 4) is 6.07 Å². The largest absolute Gasteiger partial charge is 0.285 e. The van der Waals surface area contributed by atoms with Crippen LogP contribution in [0.15, 0.2) is 33.8 Å². The lowest BCUT2D eigenvalue weighted by Gasteiger charge is -2.01. The molecule has 0 spiro atoms. The van der Waals surface area contributed by atoms with Gasteiger partial charge in [0.15, 0.2) is 0 Å². The summed E-state index contributed by atoms with van der Waals surface area (Å²) in [7, 11) is 0. The van der Waals surface area contributed by atoms with Crippen LogP contribution in [0.1, 0.15) is 0 Å². The molecule has 0 amide bonds. The predicted molar refractivity (Wildman–Crippen MR) is 59.3 cm³/mol. The first-order chi connectivity index (χ1) is 7.22. The van der Waals surface area contributed by atoms with Crippen LogP contribution in [0, 0.1) is 11.3 Å². The molecule has 1 heterocycles. The van der Waals surface area contributed by atoms with Crippen LogP contribution >= 0.6 is 15.9 Å². The third kappa shape index (κ3) is 1.76. The van der Waals surface area contributed by atoms with E-state index in [1.807, 2.05) is 6.07 Å². The van der Waals surface area contributed by atoms with Crippen molar-refractivity contribution in [1.29, 1.82) is 5.26 Å². The average Bonchev–Trinajstić information content (AvgIpc) is 2.22. The molecular weight excluding hydrogens is 258 g/mol. The summed E-state index contributed by atoms with van der Waals surface area (Å²) in [5.41, 5.74) is 0.442. The lowest BCUT2D eigenvalue weighted by atomic mass is 10.2. The molecule has 0 fully saturated rings. The number of nitriles is 1. The fourth-order valence-electron chi connectivity index (χ4n) is 1.32. The Morgan fingerprint density at radius 2 is 2.33 bits per heavy atom. The second-order valence-corrected chi connectivity index (χ2v) is 3.91. The second kappa shape index (κ2) is 3.83. The predicted octanol–water partition coefficient (Wildman–Crippen LogP) is 1.68. The highest BCUT2D eigenvalue weighted by Crippen LogP contribution is 2.14. The van der Waals surface area contributed by atoms with Crippen molar-refractivity contribution in [3.05, 3.63) is 39.4 Å². The Labute approximate surface area is 93.9 Å². The number of benzene rings is 1. The molecule has 15 heavy (non-hydrogen) atoms. The minimum atomic E-state index is -0.186. The molecule has 0 bridgehead atoms. The summed E-state index contributed by atoms with van der Waals surface area (Å²) < 4.78 is 2.16. The minimum absolute atomic E-state index is 0.0256. The Morgan fingerprint density at radius 1 is 1.53 bits per heavy atom. The van der Waals surface area contributed by atoms with Gasteiger partial charge in [-0.15, -0.1) is 0 Å². The summed E-state index contributed by atoms with van der Waals surface area (Å²) in [5, 5.41) is 9.04. The zero-order valence-electron chi connectivity index (χ0n) is 7.64. The standard InChI is InChI=1S/C10H6BrN3O/c11-7-1-2-8-9(5-7)13-6-14(4-3-12)10(8)15/h1-2,5-6H,4H2. The fourth-order valence-corrected chi connectivity index (χ4v) is 1.67. The molecule has 0 unspecified atom stereocenters. The highest BCUT2D eigenvalue weighted by atomic mass is 79.9. The highest BCUT2D eigenvalue weighted by Gasteiger charge is 2.03. The minimum Gasteiger partial charge on any atom is -0.285 e. The van der Waals surface area contributed by atoms with Crippen molar-refractivity contribution in [2.45, 2.75) is 6.54 Å². The number of rotatable bonds is 1. The molecule has 0 aliphatic carbocycles. The molecule has 74 valence electrons. The van der Waals surface area contributed by atoms with Crippen LogP contribution in [0.4, 0.5) is 0 Å². The van der Waals surface area contributed by atoms with Crippen LogP contribution in [-0.2, 0) is 6.54 Å². The van der Waals surface area contributed by atoms with Crippen LogP contribution in [0.25, 0.3) is 10.9 Å². The zero-order valence-corrected chi connectivity index (χ0v) is 9.23. The van der Waals surface area contributed by atoms with Gasteiger partial charge in [-0.05, 0) is 18.2 Å². The van der Waals surface area contributed by atoms with Crippen molar-refractivity contribution >= 4 is 26.8 Å². The molecule has 1 aromatic heterocycles. The fraction of sp³-hybridized carbons (Fsp3) is 0.100. The first-order valence-corrected chi connectivity index (χ1v) is 5.03. The van der Waals surface area contributed by atoms with Gasteiger partial charge in [-0.25, -0.2) is 4.98 Å². The Morgan fingerprint density at radius 3 is 3.07 bits per heavy atom. The first kappa shape index (κ1) is 9.87. The van der Waals surface area contributed by atoms with E-state index < -0.39 is 0 Å². The molecule has 0 N–H and O–H groups in total. The molecule has 0 aliphatic rings. The van der Waals surface area contributed by atoms with Crippen molar-refractivity contribution < 1.29 is 0 Å². The normalized spacial score (nSPS) is 10.1. The van der Waals surface area contributed by atoms with E-state index in [9.17, 15) is 4.79 Å². The number of nitrogens with zero attached hydrogens (tertiary/aromatic N) is 3. The molecule has 2 aromatic rings. The van der Waals surface area contributed by atoms with Gasteiger partial charge in [0, 0.05) is 4.47 Å². The molecule has 5 heteroatoms. The summed E-state index contributed by atoms with van der Waals surface area (Å²) in [4.78, 5) is 15.9. The van der Waals surface area contributed by atoms with E-state index in [2.05, 4.69) is 20.9 Å². The number of halogens is 1. The van der Waals surface area contributed by atoms with Crippen LogP contribution < -0.4 is 5.56 Å². The van der Waals surface area contributed by atoms with E-state index >= 15 is 0 Å². The zero-order chi connectivity index (χ0) is 10.8. The van der Waals surface area contributed by atoms with Gasteiger partial charge < -0.3 is 0 Å². The number of fused-ring (bicyclic) bond motifs is 1. The van der Waals surface area contributed by atoms with Gasteiger partial charge in [0.25, 0.3) is 5.56 Å². The van der Waals surface area contributed by atoms with E-state index in [1.165, 1.54) is 10.9 Å².